The third-order valence-corrected chi connectivity index (χ3v) is 10.9. The highest BCUT2D eigenvalue weighted by atomic mass is 15.0. The minimum atomic E-state index is 1.03. The lowest BCUT2D eigenvalue weighted by molar-refractivity contribution is 1.18. The zero-order chi connectivity index (χ0) is 34.9. The van der Waals surface area contributed by atoms with Crippen LogP contribution in [0.5, 0.6) is 0 Å². The maximum atomic E-state index is 5.18. The summed E-state index contributed by atoms with van der Waals surface area (Å²) in [5, 5.41) is 11.0. The van der Waals surface area contributed by atoms with Crippen LogP contribution in [0, 0.1) is 0 Å². The van der Waals surface area contributed by atoms with Crippen molar-refractivity contribution in [2.45, 2.75) is 0 Å². The lowest BCUT2D eigenvalue weighted by Crippen LogP contribution is -1.93. The molecular weight excluding hydrogens is 643 g/mol. The van der Waals surface area contributed by atoms with E-state index in [1.54, 1.807) is 0 Å². The number of hydrogen-bond donors (Lipinski definition) is 0. The Morgan fingerprint density at radius 2 is 0.943 bits per heavy atom. The van der Waals surface area contributed by atoms with Gasteiger partial charge in [-0.15, -0.1) is 0 Å². The van der Waals surface area contributed by atoms with Crippen molar-refractivity contribution in [1.29, 1.82) is 0 Å². The van der Waals surface area contributed by atoms with Crippen molar-refractivity contribution in [3.63, 3.8) is 0 Å². The zero-order valence-corrected chi connectivity index (χ0v) is 28.7. The standard InChI is InChI=1S/C50H31N3/c1-2-10-37(11-3-1)53-47-17-9-8-14-40(47)44-28-35(22-23-48(44)53)43-30-45-39-13-5-7-16-42(39)50-46(49(45)41-15-6-4-12-38(41)43)29-36(31-52-50)33-20-18-32(19-21-33)34-24-26-51-27-25-34/h1-31H. The van der Waals surface area contributed by atoms with Crippen LogP contribution < -0.4 is 0 Å². The van der Waals surface area contributed by atoms with E-state index < -0.39 is 0 Å². The highest BCUT2D eigenvalue weighted by Gasteiger charge is 2.18. The number of hydrogen-bond acceptors (Lipinski definition) is 2. The molecular formula is C50H31N3. The first-order valence-electron chi connectivity index (χ1n) is 18.1. The molecule has 0 spiro atoms. The van der Waals surface area contributed by atoms with Gasteiger partial charge >= 0.3 is 0 Å². The molecule has 0 N–H and O–H groups in total. The third-order valence-electron chi connectivity index (χ3n) is 10.9. The molecule has 0 fully saturated rings. The Kier molecular flexibility index (Phi) is 6.55. The van der Waals surface area contributed by atoms with Gasteiger partial charge in [-0.2, -0.15) is 0 Å². The predicted molar refractivity (Wildman–Crippen MR) is 223 cm³/mol. The van der Waals surface area contributed by atoms with Gasteiger partial charge in [0, 0.05) is 51.4 Å². The molecule has 0 radical (unpaired) electrons. The molecule has 0 saturated carbocycles. The molecule has 0 aliphatic carbocycles. The molecule has 11 aromatic rings. The van der Waals surface area contributed by atoms with Crippen LogP contribution in [0.2, 0.25) is 0 Å². The SMILES string of the molecule is c1ccc(-n2c3ccccc3c3cc(-c4cc5c6ccccc6c6ncc(-c7ccc(-c8ccncc8)cc7)cc6c5c5ccccc45)ccc32)cc1. The average Bonchev–Trinajstić information content (AvgIpc) is 3.57. The summed E-state index contributed by atoms with van der Waals surface area (Å²) in [5.74, 6) is 0. The number of pyridine rings is 2. The second-order valence-corrected chi connectivity index (χ2v) is 13.8. The van der Waals surface area contributed by atoms with E-state index in [1.165, 1.54) is 76.5 Å². The number of para-hydroxylation sites is 2. The maximum absolute atomic E-state index is 5.18. The minimum Gasteiger partial charge on any atom is -0.309 e. The molecule has 0 aliphatic heterocycles. The fraction of sp³-hybridized carbons (Fsp3) is 0. The highest BCUT2D eigenvalue weighted by Crippen LogP contribution is 2.44. The van der Waals surface area contributed by atoms with Crippen LogP contribution in [0.15, 0.2) is 188 Å². The van der Waals surface area contributed by atoms with Crippen LogP contribution in [-0.2, 0) is 0 Å². The quantitative estimate of drug-likeness (QED) is 0.174. The molecule has 0 saturated heterocycles. The smallest absolute Gasteiger partial charge is 0.0787 e. The lowest BCUT2D eigenvalue weighted by atomic mass is 9.88. The molecule has 246 valence electrons. The van der Waals surface area contributed by atoms with E-state index in [0.29, 0.717) is 0 Å². The van der Waals surface area contributed by atoms with Crippen molar-refractivity contribution in [2.24, 2.45) is 0 Å². The van der Waals surface area contributed by atoms with Crippen molar-refractivity contribution in [3.05, 3.63) is 188 Å². The van der Waals surface area contributed by atoms with Gasteiger partial charge in [-0.3, -0.25) is 9.97 Å². The van der Waals surface area contributed by atoms with Crippen molar-refractivity contribution < 1.29 is 0 Å². The van der Waals surface area contributed by atoms with Gasteiger partial charge < -0.3 is 4.57 Å². The van der Waals surface area contributed by atoms with Gasteiger partial charge in [-0.25, -0.2) is 0 Å². The molecule has 3 nitrogen and oxygen atoms in total. The maximum Gasteiger partial charge on any atom is 0.0787 e. The molecule has 0 aliphatic rings. The summed E-state index contributed by atoms with van der Waals surface area (Å²) in [6.07, 6.45) is 5.70. The molecule has 3 aromatic heterocycles. The second kappa shape index (κ2) is 11.7. The summed E-state index contributed by atoms with van der Waals surface area (Å²) in [4.78, 5) is 9.36. The Bertz CT molecular complexity index is 3200. The molecule has 3 heteroatoms. The lowest BCUT2D eigenvalue weighted by Gasteiger charge is -2.17. The first-order chi connectivity index (χ1) is 26.3. The minimum absolute atomic E-state index is 1.03. The molecule has 0 amide bonds. The largest absolute Gasteiger partial charge is 0.309 e. The Labute approximate surface area is 306 Å². The van der Waals surface area contributed by atoms with Crippen molar-refractivity contribution in [1.82, 2.24) is 14.5 Å². The highest BCUT2D eigenvalue weighted by molar-refractivity contribution is 6.32. The predicted octanol–water partition coefficient (Wildman–Crippen LogP) is 13.2. The van der Waals surface area contributed by atoms with Crippen molar-refractivity contribution in [3.8, 4) is 39.1 Å². The Hall–Kier alpha value is -7.10. The molecule has 0 bridgehead atoms. The summed E-state index contributed by atoms with van der Waals surface area (Å²) in [7, 11) is 0. The van der Waals surface area contributed by atoms with Crippen molar-refractivity contribution in [2.75, 3.05) is 0 Å². The van der Waals surface area contributed by atoms with Crippen LogP contribution in [0.1, 0.15) is 0 Å². The molecule has 53 heavy (non-hydrogen) atoms. The Morgan fingerprint density at radius 3 is 1.74 bits per heavy atom. The van der Waals surface area contributed by atoms with Gasteiger partial charge in [0.2, 0.25) is 0 Å². The third kappa shape index (κ3) is 4.61. The van der Waals surface area contributed by atoms with Gasteiger partial charge in [0.25, 0.3) is 0 Å². The summed E-state index contributed by atoms with van der Waals surface area (Å²) in [6.45, 7) is 0. The van der Waals surface area contributed by atoms with E-state index >= 15 is 0 Å². The summed E-state index contributed by atoms with van der Waals surface area (Å²) in [5.41, 5.74) is 11.6. The van der Waals surface area contributed by atoms with Crippen LogP contribution in [0.25, 0.3) is 104 Å². The number of nitrogens with zero attached hydrogens (tertiary/aromatic N) is 3. The van der Waals surface area contributed by atoms with E-state index in [1.807, 2.05) is 30.7 Å². The van der Waals surface area contributed by atoms with Gasteiger partial charge in [-0.1, -0.05) is 115 Å². The van der Waals surface area contributed by atoms with E-state index in [9.17, 15) is 0 Å². The van der Waals surface area contributed by atoms with E-state index in [4.69, 9.17) is 4.98 Å². The number of aromatic nitrogens is 3. The Morgan fingerprint density at radius 1 is 0.358 bits per heavy atom. The first-order valence-corrected chi connectivity index (χ1v) is 18.1. The Balaban J connectivity index is 1.16. The number of fused-ring (bicyclic) bond motifs is 11. The summed E-state index contributed by atoms with van der Waals surface area (Å²) >= 11 is 0. The fourth-order valence-electron chi connectivity index (χ4n) is 8.46. The van der Waals surface area contributed by atoms with E-state index in [-0.39, 0.29) is 0 Å². The van der Waals surface area contributed by atoms with Gasteiger partial charge in [0.05, 0.1) is 16.6 Å². The molecule has 0 unspecified atom stereocenters. The summed E-state index contributed by atoms with van der Waals surface area (Å²) < 4.78 is 2.38. The molecule has 0 atom stereocenters. The van der Waals surface area contributed by atoms with E-state index in [2.05, 4.69) is 167 Å². The average molecular weight is 674 g/mol. The first kappa shape index (κ1) is 29.6. The number of rotatable bonds is 4. The van der Waals surface area contributed by atoms with Crippen LogP contribution in [-0.4, -0.2) is 14.5 Å². The zero-order valence-electron chi connectivity index (χ0n) is 28.7. The van der Waals surface area contributed by atoms with Crippen molar-refractivity contribution >= 4 is 65.0 Å². The monoisotopic (exact) mass is 673 g/mol. The van der Waals surface area contributed by atoms with Crippen LogP contribution in [0.4, 0.5) is 0 Å². The normalized spacial score (nSPS) is 11.8. The van der Waals surface area contributed by atoms with Gasteiger partial charge in [0.1, 0.15) is 0 Å². The summed E-state index contributed by atoms with van der Waals surface area (Å²) in [6, 6.07) is 61.6. The van der Waals surface area contributed by atoms with Gasteiger partial charge in [0.15, 0.2) is 0 Å². The fourth-order valence-corrected chi connectivity index (χ4v) is 8.46. The second-order valence-electron chi connectivity index (χ2n) is 13.8. The van der Waals surface area contributed by atoms with Crippen LogP contribution in [0.3, 0.4) is 0 Å². The molecule has 3 heterocycles. The van der Waals surface area contributed by atoms with Gasteiger partial charge in [-0.05, 0) is 109 Å². The molecule has 11 rings (SSSR count). The van der Waals surface area contributed by atoms with E-state index in [0.717, 1.165) is 27.6 Å². The number of benzene rings is 8. The topological polar surface area (TPSA) is 30.7 Å². The van der Waals surface area contributed by atoms with Crippen LogP contribution >= 0.6 is 0 Å². The molecule has 8 aromatic carbocycles.